The molecule has 0 saturated heterocycles. The van der Waals surface area contributed by atoms with E-state index in [9.17, 15) is 8.42 Å². The van der Waals surface area contributed by atoms with Crippen molar-refractivity contribution in [1.82, 2.24) is 0 Å². The first kappa shape index (κ1) is 15.8. The summed E-state index contributed by atoms with van der Waals surface area (Å²) in [5, 5.41) is 3.29. The van der Waals surface area contributed by atoms with Gasteiger partial charge in [0.05, 0.1) is 5.75 Å². The highest BCUT2D eigenvalue weighted by Gasteiger charge is 2.09. The molecule has 4 nitrogen and oxygen atoms in total. The predicted octanol–water partition coefficient (Wildman–Crippen LogP) is 3.30. The van der Waals surface area contributed by atoms with Crippen LogP contribution in [0.3, 0.4) is 0 Å². The molecule has 0 aliphatic heterocycles. The molecule has 0 aliphatic carbocycles. The summed E-state index contributed by atoms with van der Waals surface area (Å²) in [5.74, 6) is 0.754. The number of nitrogens with one attached hydrogen (secondary N) is 2. The molecule has 0 amide bonds. The van der Waals surface area contributed by atoms with Crippen molar-refractivity contribution in [2.75, 3.05) is 22.3 Å². The molecule has 1 aromatic rings. The molecular weight excluding hydrogens is 260 g/mol. The predicted molar refractivity (Wildman–Crippen MR) is 82.1 cm³/mol. The van der Waals surface area contributed by atoms with E-state index >= 15 is 0 Å². The normalized spacial score (nSPS) is 11.6. The molecule has 19 heavy (non-hydrogen) atoms. The Labute approximate surface area is 116 Å². The van der Waals surface area contributed by atoms with Crippen LogP contribution in [0.1, 0.15) is 33.6 Å². The Kier molecular flexibility index (Phi) is 6.15. The average molecular weight is 284 g/mol. The molecule has 0 aliphatic rings. The first-order valence-electron chi connectivity index (χ1n) is 6.77. The fourth-order valence-corrected chi connectivity index (χ4v) is 2.81. The van der Waals surface area contributed by atoms with E-state index < -0.39 is 10.0 Å². The van der Waals surface area contributed by atoms with E-state index in [4.69, 9.17) is 0 Å². The van der Waals surface area contributed by atoms with E-state index in [1.165, 1.54) is 0 Å². The first-order valence-corrected chi connectivity index (χ1v) is 8.42. The zero-order valence-corrected chi connectivity index (χ0v) is 12.8. The summed E-state index contributed by atoms with van der Waals surface area (Å²) in [6, 6.07) is 7.35. The highest BCUT2D eigenvalue weighted by molar-refractivity contribution is 7.92. The number of hydrogen-bond donors (Lipinski definition) is 2. The number of sulfonamides is 1. The maximum Gasteiger partial charge on any atom is 0.232 e. The van der Waals surface area contributed by atoms with E-state index in [0.29, 0.717) is 18.0 Å². The second-order valence-electron chi connectivity index (χ2n) is 5.13. The number of rotatable bonds is 8. The van der Waals surface area contributed by atoms with Crippen LogP contribution in [0.4, 0.5) is 11.4 Å². The second kappa shape index (κ2) is 7.38. The van der Waals surface area contributed by atoms with Crippen molar-refractivity contribution in [1.29, 1.82) is 0 Å². The van der Waals surface area contributed by atoms with Crippen LogP contribution in [-0.4, -0.2) is 20.7 Å². The zero-order chi connectivity index (χ0) is 14.3. The molecule has 0 fully saturated rings. The van der Waals surface area contributed by atoms with Crippen LogP contribution >= 0.6 is 0 Å². The molecule has 0 atom stereocenters. The number of unbranched alkanes of at least 4 members (excludes halogenated alkanes) is 1. The quantitative estimate of drug-likeness (QED) is 0.770. The number of hydrogen-bond acceptors (Lipinski definition) is 3. The van der Waals surface area contributed by atoms with E-state index in [1.807, 2.05) is 19.1 Å². The second-order valence-corrected chi connectivity index (χ2v) is 6.97. The van der Waals surface area contributed by atoms with Gasteiger partial charge in [-0.25, -0.2) is 8.42 Å². The Balaban J connectivity index is 2.56. The molecule has 0 heterocycles. The van der Waals surface area contributed by atoms with Gasteiger partial charge in [0.25, 0.3) is 0 Å². The fourth-order valence-electron chi connectivity index (χ4n) is 1.54. The third kappa shape index (κ3) is 6.47. The van der Waals surface area contributed by atoms with Gasteiger partial charge in [-0.1, -0.05) is 27.2 Å². The molecule has 0 radical (unpaired) electrons. The minimum atomic E-state index is -3.21. The SMILES string of the molecule is CCCCS(=O)(=O)Nc1ccc(NCC(C)C)cc1. The molecule has 0 aromatic heterocycles. The molecular formula is C14H24N2O2S. The van der Waals surface area contributed by atoms with Gasteiger partial charge in [0.2, 0.25) is 10.0 Å². The molecule has 5 heteroatoms. The van der Waals surface area contributed by atoms with Gasteiger partial charge in [-0.3, -0.25) is 4.72 Å². The van der Waals surface area contributed by atoms with Crippen LogP contribution in [0.2, 0.25) is 0 Å². The molecule has 0 spiro atoms. The highest BCUT2D eigenvalue weighted by Crippen LogP contribution is 2.15. The Morgan fingerprint density at radius 2 is 1.68 bits per heavy atom. The van der Waals surface area contributed by atoms with Gasteiger partial charge in [-0.2, -0.15) is 0 Å². The lowest BCUT2D eigenvalue weighted by Crippen LogP contribution is -2.16. The molecule has 2 N–H and O–H groups in total. The van der Waals surface area contributed by atoms with Gasteiger partial charge in [0, 0.05) is 17.9 Å². The van der Waals surface area contributed by atoms with E-state index in [2.05, 4.69) is 23.9 Å². The van der Waals surface area contributed by atoms with Crippen molar-refractivity contribution >= 4 is 21.4 Å². The van der Waals surface area contributed by atoms with E-state index in [0.717, 1.165) is 18.7 Å². The summed E-state index contributed by atoms with van der Waals surface area (Å²) in [6.07, 6.45) is 1.56. The monoisotopic (exact) mass is 284 g/mol. The van der Waals surface area contributed by atoms with Gasteiger partial charge < -0.3 is 5.32 Å². The molecule has 1 rings (SSSR count). The average Bonchev–Trinajstić information content (AvgIpc) is 2.35. The zero-order valence-electron chi connectivity index (χ0n) is 11.9. The van der Waals surface area contributed by atoms with Gasteiger partial charge >= 0.3 is 0 Å². The molecule has 1 aromatic carbocycles. The summed E-state index contributed by atoms with van der Waals surface area (Å²) in [7, 11) is -3.21. The molecule has 0 bridgehead atoms. The fraction of sp³-hybridized carbons (Fsp3) is 0.571. The molecule has 108 valence electrons. The molecule has 0 unspecified atom stereocenters. The smallest absolute Gasteiger partial charge is 0.232 e. The van der Waals surface area contributed by atoms with Crippen molar-refractivity contribution in [2.45, 2.75) is 33.6 Å². The van der Waals surface area contributed by atoms with Gasteiger partial charge in [0.1, 0.15) is 0 Å². The van der Waals surface area contributed by atoms with Crippen molar-refractivity contribution in [3.8, 4) is 0 Å². The minimum Gasteiger partial charge on any atom is -0.385 e. The lowest BCUT2D eigenvalue weighted by Gasteiger charge is -2.11. The largest absolute Gasteiger partial charge is 0.385 e. The summed E-state index contributed by atoms with van der Waals surface area (Å²) >= 11 is 0. The summed E-state index contributed by atoms with van der Waals surface area (Å²) < 4.78 is 26.1. The topological polar surface area (TPSA) is 58.2 Å². The Bertz CT molecular complexity index is 467. The van der Waals surface area contributed by atoms with E-state index in [-0.39, 0.29) is 5.75 Å². The first-order chi connectivity index (χ1) is 8.93. The summed E-state index contributed by atoms with van der Waals surface area (Å²) in [4.78, 5) is 0. The Hall–Kier alpha value is -1.23. The standard InChI is InChI=1S/C14H24N2O2S/c1-4-5-10-19(17,18)16-14-8-6-13(7-9-14)15-11-12(2)3/h6-9,12,15-16H,4-5,10-11H2,1-3H3. The minimum absolute atomic E-state index is 0.177. The summed E-state index contributed by atoms with van der Waals surface area (Å²) in [6.45, 7) is 7.17. The maximum absolute atomic E-state index is 11.7. The summed E-state index contributed by atoms with van der Waals surface area (Å²) in [5.41, 5.74) is 1.62. The van der Waals surface area contributed by atoms with Crippen molar-refractivity contribution in [2.24, 2.45) is 5.92 Å². The van der Waals surface area contributed by atoms with Crippen LogP contribution in [0.15, 0.2) is 24.3 Å². The van der Waals surface area contributed by atoms with Crippen molar-refractivity contribution in [3.63, 3.8) is 0 Å². The van der Waals surface area contributed by atoms with Crippen molar-refractivity contribution in [3.05, 3.63) is 24.3 Å². The van der Waals surface area contributed by atoms with Crippen molar-refractivity contribution < 1.29 is 8.42 Å². The lowest BCUT2D eigenvalue weighted by molar-refractivity contribution is 0.598. The van der Waals surface area contributed by atoms with Gasteiger partial charge in [-0.15, -0.1) is 0 Å². The van der Waals surface area contributed by atoms with Gasteiger partial charge in [-0.05, 0) is 36.6 Å². The van der Waals surface area contributed by atoms with Crippen LogP contribution in [-0.2, 0) is 10.0 Å². The number of anilines is 2. The van der Waals surface area contributed by atoms with Crippen LogP contribution in [0, 0.1) is 5.92 Å². The van der Waals surface area contributed by atoms with Gasteiger partial charge in [0.15, 0.2) is 0 Å². The Morgan fingerprint density at radius 1 is 1.11 bits per heavy atom. The van der Waals surface area contributed by atoms with E-state index in [1.54, 1.807) is 12.1 Å². The van der Waals surface area contributed by atoms with Crippen LogP contribution < -0.4 is 10.0 Å². The Morgan fingerprint density at radius 3 is 2.21 bits per heavy atom. The molecule has 0 saturated carbocycles. The third-order valence-corrected chi connectivity index (χ3v) is 4.01. The number of benzene rings is 1. The third-order valence-electron chi connectivity index (χ3n) is 2.64. The lowest BCUT2D eigenvalue weighted by atomic mass is 10.2. The maximum atomic E-state index is 11.7. The van der Waals surface area contributed by atoms with Crippen LogP contribution in [0.5, 0.6) is 0 Å². The highest BCUT2D eigenvalue weighted by atomic mass is 32.2. The van der Waals surface area contributed by atoms with Crippen LogP contribution in [0.25, 0.3) is 0 Å².